The van der Waals surface area contributed by atoms with Gasteiger partial charge in [-0.15, -0.1) is 12.4 Å². The van der Waals surface area contributed by atoms with Crippen LogP contribution in [0.15, 0.2) is 0 Å². The number of carbonyl (C=O) groups is 1. The molecule has 3 nitrogen and oxygen atoms in total. The van der Waals surface area contributed by atoms with Gasteiger partial charge in [-0.05, 0) is 12.3 Å². The van der Waals surface area contributed by atoms with Gasteiger partial charge in [-0.25, -0.2) is 0 Å². The third-order valence-corrected chi connectivity index (χ3v) is 1.46. The van der Waals surface area contributed by atoms with Crippen molar-refractivity contribution in [2.24, 2.45) is 11.7 Å². The number of carbonyl (C=O) groups excluding carboxylic acids is 1. The minimum absolute atomic E-state index is 0. The number of halogens is 1. The summed E-state index contributed by atoms with van der Waals surface area (Å²) in [6.45, 7) is 6.72. The average molecular weight is 195 g/mol. The molecule has 0 aromatic heterocycles. The van der Waals surface area contributed by atoms with Crippen molar-refractivity contribution in [2.75, 3.05) is 6.54 Å². The Morgan fingerprint density at radius 1 is 1.50 bits per heavy atom. The first-order valence-electron chi connectivity index (χ1n) is 4.11. The lowest BCUT2D eigenvalue weighted by atomic mass is 10.2. The molecule has 12 heavy (non-hydrogen) atoms. The molecule has 0 fully saturated rings. The number of rotatable bonds is 4. The standard InChI is InChI=1S/C8H18N2O.ClH/c1-4-7(9)8(11)10-5-6(2)3;/h6-7H,4-5,9H2,1-3H3,(H,10,11);1H/t7-;/m0./s1. The molecule has 4 heteroatoms. The van der Waals surface area contributed by atoms with E-state index in [1.165, 1.54) is 0 Å². The van der Waals surface area contributed by atoms with Crippen LogP contribution >= 0.6 is 12.4 Å². The Hall–Kier alpha value is -0.280. The molecule has 0 saturated carbocycles. The van der Waals surface area contributed by atoms with Crippen molar-refractivity contribution in [2.45, 2.75) is 33.2 Å². The lowest BCUT2D eigenvalue weighted by molar-refractivity contribution is -0.122. The zero-order valence-electron chi connectivity index (χ0n) is 7.96. The van der Waals surface area contributed by atoms with Crippen LogP contribution in [0, 0.1) is 5.92 Å². The van der Waals surface area contributed by atoms with Crippen molar-refractivity contribution in [3.05, 3.63) is 0 Å². The summed E-state index contributed by atoms with van der Waals surface area (Å²) in [7, 11) is 0. The molecule has 0 spiro atoms. The second-order valence-electron chi connectivity index (χ2n) is 3.15. The third kappa shape index (κ3) is 6.43. The molecular weight excluding hydrogens is 176 g/mol. The molecule has 0 saturated heterocycles. The highest BCUT2D eigenvalue weighted by atomic mass is 35.5. The van der Waals surface area contributed by atoms with Crippen LogP contribution in [-0.2, 0) is 4.79 Å². The van der Waals surface area contributed by atoms with Crippen LogP contribution in [0.5, 0.6) is 0 Å². The highest BCUT2D eigenvalue weighted by Gasteiger charge is 2.09. The first-order chi connectivity index (χ1) is 5.07. The van der Waals surface area contributed by atoms with Crippen LogP contribution in [0.25, 0.3) is 0 Å². The van der Waals surface area contributed by atoms with Crippen molar-refractivity contribution in [3.8, 4) is 0 Å². The molecule has 0 aromatic rings. The molecule has 3 N–H and O–H groups in total. The van der Waals surface area contributed by atoms with E-state index in [1.54, 1.807) is 0 Å². The van der Waals surface area contributed by atoms with E-state index in [0.29, 0.717) is 18.9 Å². The van der Waals surface area contributed by atoms with E-state index in [4.69, 9.17) is 5.73 Å². The Kier molecular flexibility index (Phi) is 8.76. The molecule has 0 aromatic carbocycles. The summed E-state index contributed by atoms with van der Waals surface area (Å²) in [5.41, 5.74) is 5.49. The van der Waals surface area contributed by atoms with Gasteiger partial charge in [0.05, 0.1) is 6.04 Å². The van der Waals surface area contributed by atoms with E-state index in [2.05, 4.69) is 19.2 Å². The largest absolute Gasteiger partial charge is 0.354 e. The van der Waals surface area contributed by atoms with Gasteiger partial charge >= 0.3 is 0 Å². The number of nitrogens with two attached hydrogens (primary N) is 1. The van der Waals surface area contributed by atoms with Crippen molar-refractivity contribution >= 4 is 18.3 Å². The second kappa shape index (κ2) is 7.37. The summed E-state index contributed by atoms with van der Waals surface area (Å²) in [6, 6.07) is -0.339. The van der Waals surface area contributed by atoms with Gasteiger partial charge in [0.15, 0.2) is 0 Å². The van der Waals surface area contributed by atoms with Gasteiger partial charge in [-0.1, -0.05) is 20.8 Å². The Labute approximate surface area is 80.5 Å². The predicted octanol–water partition coefficient (Wildman–Crippen LogP) is 0.918. The SMILES string of the molecule is CC[C@H](N)C(=O)NCC(C)C.Cl. The Bertz CT molecular complexity index is 128. The number of nitrogens with one attached hydrogen (secondary N) is 1. The minimum atomic E-state index is -0.339. The van der Waals surface area contributed by atoms with Gasteiger partial charge < -0.3 is 11.1 Å². The number of amides is 1. The summed E-state index contributed by atoms with van der Waals surface area (Å²) >= 11 is 0. The fourth-order valence-electron chi connectivity index (χ4n) is 0.621. The zero-order chi connectivity index (χ0) is 8.85. The van der Waals surface area contributed by atoms with Gasteiger partial charge in [0.1, 0.15) is 0 Å². The van der Waals surface area contributed by atoms with E-state index < -0.39 is 0 Å². The third-order valence-electron chi connectivity index (χ3n) is 1.46. The number of hydrogen-bond acceptors (Lipinski definition) is 2. The van der Waals surface area contributed by atoms with Gasteiger partial charge in [0.25, 0.3) is 0 Å². The van der Waals surface area contributed by atoms with E-state index in [1.807, 2.05) is 6.92 Å². The molecular formula is C8H19ClN2O. The number of hydrogen-bond donors (Lipinski definition) is 2. The maximum Gasteiger partial charge on any atom is 0.236 e. The molecule has 0 aliphatic heterocycles. The van der Waals surface area contributed by atoms with Crippen LogP contribution in [0.2, 0.25) is 0 Å². The zero-order valence-corrected chi connectivity index (χ0v) is 8.78. The van der Waals surface area contributed by atoms with Gasteiger partial charge in [0.2, 0.25) is 5.91 Å². The molecule has 0 aliphatic rings. The first kappa shape index (κ1) is 14.3. The monoisotopic (exact) mass is 194 g/mol. The van der Waals surface area contributed by atoms with E-state index in [0.717, 1.165) is 0 Å². The topological polar surface area (TPSA) is 55.1 Å². The van der Waals surface area contributed by atoms with Crippen molar-refractivity contribution in [1.29, 1.82) is 0 Å². The van der Waals surface area contributed by atoms with Crippen molar-refractivity contribution in [1.82, 2.24) is 5.32 Å². The molecule has 74 valence electrons. The van der Waals surface area contributed by atoms with Crippen LogP contribution in [0.3, 0.4) is 0 Å². The lowest BCUT2D eigenvalue weighted by Crippen LogP contribution is -2.41. The fourth-order valence-corrected chi connectivity index (χ4v) is 0.621. The van der Waals surface area contributed by atoms with Crippen molar-refractivity contribution in [3.63, 3.8) is 0 Å². The smallest absolute Gasteiger partial charge is 0.236 e. The molecule has 0 radical (unpaired) electrons. The van der Waals surface area contributed by atoms with Gasteiger partial charge in [-0.3, -0.25) is 4.79 Å². The van der Waals surface area contributed by atoms with Crippen LogP contribution in [0.4, 0.5) is 0 Å². The van der Waals surface area contributed by atoms with Crippen LogP contribution in [-0.4, -0.2) is 18.5 Å². The molecule has 0 aliphatic carbocycles. The summed E-state index contributed by atoms with van der Waals surface area (Å²) in [5, 5.41) is 2.77. The molecule has 1 atom stereocenters. The van der Waals surface area contributed by atoms with Crippen LogP contribution in [0.1, 0.15) is 27.2 Å². The van der Waals surface area contributed by atoms with Crippen LogP contribution < -0.4 is 11.1 Å². The summed E-state index contributed by atoms with van der Waals surface area (Å²) in [5.74, 6) is 0.448. The maximum absolute atomic E-state index is 11.0. The molecule has 0 heterocycles. The average Bonchev–Trinajstić information content (AvgIpc) is 1.98. The highest BCUT2D eigenvalue weighted by molar-refractivity contribution is 5.85. The van der Waals surface area contributed by atoms with E-state index in [-0.39, 0.29) is 24.4 Å². The van der Waals surface area contributed by atoms with E-state index in [9.17, 15) is 4.79 Å². The molecule has 0 bridgehead atoms. The van der Waals surface area contributed by atoms with Gasteiger partial charge in [-0.2, -0.15) is 0 Å². The van der Waals surface area contributed by atoms with Crippen molar-refractivity contribution < 1.29 is 4.79 Å². The summed E-state index contributed by atoms with van der Waals surface area (Å²) in [6.07, 6.45) is 0.698. The second-order valence-corrected chi connectivity index (χ2v) is 3.15. The molecule has 1 amide bonds. The maximum atomic E-state index is 11.0. The molecule has 0 unspecified atom stereocenters. The Morgan fingerprint density at radius 3 is 2.33 bits per heavy atom. The fraction of sp³-hybridized carbons (Fsp3) is 0.875. The summed E-state index contributed by atoms with van der Waals surface area (Å²) < 4.78 is 0. The predicted molar refractivity (Wildman–Crippen MR) is 53.4 cm³/mol. The van der Waals surface area contributed by atoms with Gasteiger partial charge in [0, 0.05) is 6.54 Å². The highest BCUT2D eigenvalue weighted by Crippen LogP contribution is 1.89. The first-order valence-corrected chi connectivity index (χ1v) is 4.11. The normalized spacial score (nSPS) is 12.1. The minimum Gasteiger partial charge on any atom is -0.354 e. The van der Waals surface area contributed by atoms with E-state index >= 15 is 0 Å². The quantitative estimate of drug-likeness (QED) is 0.700. The Balaban J connectivity index is 0. The summed E-state index contributed by atoms with van der Waals surface area (Å²) in [4.78, 5) is 11.0. The molecule has 0 rings (SSSR count). The lowest BCUT2D eigenvalue weighted by Gasteiger charge is -2.11. The Morgan fingerprint density at radius 2 is 2.00 bits per heavy atom.